The van der Waals surface area contributed by atoms with Gasteiger partial charge in [-0.05, 0) is 19.3 Å². The molecule has 0 saturated carbocycles. The average Bonchev–Trinajstić information content (AvgIpc) is 1.89. The molecule has 1 amide bonds. The van der Waals surface area contributed by atoms with Crippen LogP contribution in [0.4, 0.5) is 0 Å². The lowest BCUT2D eigenvalue weighted by molar-refractivity contribution is 0.283. The lowest BCUT2D eigenvalue weighted by Crippen LogP contribution is -2.11. The molecule has 0 aromatic carbocycles. The van der Waals surface area contributed by atoms with E-state index >= 15 is 0 Å². The van der Waals surface area contributed by atoms with Crippen LogP contribution < -0.4 is 5.32 Å². The molecule has 0 aliphatic heterocycles. The van der Waals surface area contributed by atoms with E-state index in [9.17, 15) is 4.79 Å². The summed E-state index contributed by atoms with van der Waals surface area (Å²) in [6, 6.07) is 0. The van der Waals surface area contributed by atoms with Gasteiger partial charge in [-0.25, -0.2) is 0 Å². The Bertz CT molecular complexity index is 66.1. The molecule has 1 radical (unpaired) electrons. The molecule has 0 saturated heterocycles. The van der Waals surface area contributed by atoms with Crippen molar-refractivity contribution < 1.29 is 9.90 Å². The fourth-order valence-electron chi connectivity index (χ4n) is 0.553. The van der Waals surface area contributed by atoms with Gasteiger partial charge in [-0.3, -0.25) is 4.79 Å². The summed E-state index contributed by atoms with van der Waals surface area (Å²) in [6.45, 7) is 0.911. The summed E-state index contributed by atoms with van der Waals surface area (Å²) in [5.74, 6) is 0. The van der Waals surface area contributed by atoms with Crippen LogP contribution >= 0.6 is 0 Å². The molecular formula is C6H12NO2. The molecular weight excluding hydrogens is 118 g/mol. The molecule has 9 heavy (non-hydrogen) atoms. The topological polar surface area (TPSA) is 49.3 Å². The predicted octanol–water partition coefficient (Wildman–Crippen LogP) is -0.194. The predicted molar refractivity (Wildman–Crippen MR) is 34.6 cm³/mol. The first-order valence-corrected chi connectivity index (χ1v) is 3.12. The van der Waals surface area contributed by atoms with E-state index < -0.39 is 0 Å². The SMILES string of the molecule is O=[C]NCCCCCO. The average molecular weight is 130 g/mol. The zero-order valence-electron chi connectivity index (χ0n) is 5.39. The van der Waals surface area contributed by atoms with Crippen molar-refractivity contribution in [3.63, 3.8) is 0 Å². The summed E-state index contributed by atoms with van der Waals surface area (Å²) < 4.78 is 0. The molecule has 0 heterocycles. The Labute approximate surface area is 55.1 Å². The fraction of sp³-hybridized carbons (Fsp3) is 0.833. The molecule has 0 spiro atoms. The van der Waals surface area contributed by atoms with Crippen molar-refractivity contribution in [3.05, 3.63) is 0 Å². The number of nitrogens with one attached hydrogen (secondary N) is 1. The second kappa shape index (κ2) is 7.43. The van der Waals surface area contributed by atoms with Crippen molar-refractivity contribution in [2.24, 2.45) is 0 Å². The van der Waals surface area contributed by atoms with E-state index in [1.54, 1.807) is 6.41 Å². The van der Waals surface area contributed by atoms with Gasteiger partial charge in [0.25, 0.3) is 0 Å². The molecule has 3 heteroatoms. The zero-order valence-corrected chi connectivity index (χ0v) is 5.39. The monoisotopic (exact) mass is 130 g/mol. The van der Waals surface area contributed by atoms with Crippen molar-refractivity contribution in [3.8, 4) is 0 Å². The van der Waals surface area contributed by atoms with Gasteiger partial charge in [0, 0.05) is 13.2 Å². The summed E-state index contributed by atoms with van der Waals surface area (Å²) >= 11 is 0. The number of aliphatic hydroxyl groups excluding tert-OH is 1. The quantitative estimate of drug-likeness (QED) is 0.386. The Morgan fingerprint density at radius 3 is 2.67 bits per heavy atom. The van der Waals surface area contributed by atoms with Crippen molar-refractivity contribution >= 4 is 6.41 Å². The van der Waals surface area contributed by atoms with Crippen LogP contribution in [0, 0.1) is 0 Å². The highest BCUT2D eigenvalue weighted by Crippen LogP contribution is 1.90. The number of unbranched alkanes of at least 4 members (excludes halogenated alkanes) is 2. The van der Waals surface area contributed by atoms with E-state index in [4.69, 9.17) is 5.11 Å². The standard InChI is InChI=1S/C6H12NO2/c8-5-3-1-2-4-7-6-9/h8H,1-5H2,(H,7,9). The van der Waals surface area contributed by atoms with Gasteiger partial charge in [-0.2, -0.15) is 0 Å². The van der Waals surface area contributed by atoms with Crippen LogP contribution in [0.15, 0.2) is 0 Å². The van der Waals surface area contributed by atoms with Crippen LogP contribution in [-0.4, -0.2) is 24.7 Å². The third kappa shape index (κ3) is 7.43. The third-order valence-electron chi connectivity index (χ3n) is 1.03. The highest BCUT2D eigenvalue weighted by Gasteiger charge is 1.85. The molecule has 0 rings (SSSR count). The van der Waals surface area contributed by atoms with Gasteiger partial charge in [-0.15, -0.1) is 0 Å². The molecule has 53 valence electrons. The molecule has 0 aromatic rings. The van der Waals surface area contributed by atoms with E-state index in [0.717, 1.165) is 19.3 Å². The molecule has 0 aromatic heterocycles. The Morgan fingerprint density at radius 1 is 1.33 bits per heavy atom. The van der Waals surface area contributed by atoms with Gasteiger partial charge >= 0.3 is 6.41 Å². The minimum Gasteiger partial charge on any atom is -0.396 e. The van der Waals surface area contributed by atoms with Crippen molar-refractivity contribution in [2.75, 3.05) is 13.2 Å². The maximum atomic E-state index is 9.55. The van der Waals surface area contributed by atoms with Gasteiger partial charge < -0.3 is 10.4 Å². The van der Waals surface area contributed by atoms with Crippen molar-refractivity contribution in [1.29, 1.82) is 0 Å². The molecule has 3 nitrogen and oxygen atoms in total. The Balaban J connectivity index is 2.66. The maximum Gasteiger partial charge on any atom is 0.309 e. The summed E-state index contributed by atoms with van der Waals surface area (Å²) in [7, 11) is 0. The number of hydrogen-bond donors (Lipinski definition) is 2. The van der Waals surface area contributed by atoms with Gasteiger partial charge in [-0.1, -0.05) is 0 Å². The third-order valence-corrected chi connectivity index (χ3v) is 1.03. The minimum absolute atomic E-state index is 0.241. The highest BCUT2D eigenvalue weighted by atomic mass is 16.2. The lowest BCUT2D eigenvalue weighted by Gasteiger charge is -1.95. The van der Waals surface area contributed by atoms with Crippen LogP contribution in [-0.2, 0) is 4.79 Å². The Hall–Kier alpha value is -0.570. The van der Waals surface area contributed by atoms with E-state index in [-0.39, 0.29) is 6.61 Å². The molecule has 0 atom stereocenters. The van der Waals surface area contributed by atoms with E-state index in [1.165, 1.54) is 0 Å². The molecule has 0 aliphatic carbocycles. The molecule has 2 N–H and O–H groups in total. The van der Waals surface area contributed by atoms with Crippen molar-refractivity contribution in [2.45, 2.75) is 19.3 Å². The van der Waals surface area contributed by atoms with Gasteiger partial charge in [0.05, 0.1) is 0 Å². The number of aliphatic hydroxyl groups is 1. The van der Waals surface area contributed by atoms with Crippen LogP contribution in [0.25, 0.3) is 0 Å². The smallest absolute Gasteiger partial charge is 0.309 e. The van der Waals surface area contributed by atoms with E-state index in [0.29, 0.717) is 6.54 Å². The number of amides is 1. The zero-order chi connectivity index (χ0) is 6.95. The van der Waals surface area contributed by atoms with E-state index in [1.807, 2.05) is 0 Å². The number of carbonyl (C=O) groups excluding carboxylic acids is 1. The Morgan fingerprint density at radius 2 is 2.11 bits per heavy atom. The number of rotatable bonds is 6. The largest absolute Gasteiger partial charge is 0.396 e. The highest BCUT2D eigenvalue weighted by molar-refractivity contribution is 5.46. The van der Waals surface area contributed by atoms with Crippen LogP contribution in [0.5, 0.6) is 0 Å². The maximum absolute atomic E-state index is 9.55. The van der Waals surface area contributed by atoms with E-state index in [2.05, 4.69) is 5.32 Å². The first-order valence-electron chi connectivity index (χ1n) is 3.12. The van der Waals surface area contributed by atoms with Crippen molar-refractivity contribution in [1.82, 2.24) is 5.32 Å². The van der Waals surface area contributed by atoms with Crippen LogP contribution in [0.2, 0.25) is 0 Å². The second-order valence-electron chi connectivity index (χ2n) is 1.81. The van der Waals surface area contributed by atoms with Gasteiger partial charge in [0.15, 0.2) is 0 Å². The lowest BCUT2D eigenvalue weighted by atomic mass is 10.2. The first-order chi connectivity index (χ1) is 4.41. The first kappa shape index (κ1) is 8.43. The van der Waals surface area contributed by atoms with Crippen LogP contribution in [0.3, 0.4) is 0 Å². The Kier molecular flexibility index (Phi) is 6.96. The summed E-state index contributed by atoms with van der Waals surface area (Å²) in [4.78, 5) is 9.55. The molecule has 0 unspecified atom stereocenters. The molecule has 0 bridgehead atoms. The summed E-state index contributed by atoms with van der Waals surface area (Å²) in [6.07, 6.45) is 4.29. The van der Waals surface area contributed by atoms with Gasteiger partial charge in [0.2, 0.25) is 0 Å². The normalized spacial score (nSPS) is 9.00. The van der Waals surface area contributed by atoms with Crippen LogP contribution in [0.1, 0.15) is 19.3 Å². The summed E-state index contributed by atoms with van der Waals surface area (Å²) in [5.41, 5.74) is 0. The minimum atomic E-state index is 0.241. The number of hydrogen-bond acceptors (Lipinski definition) is 2. The second-order valence-corrected chi connectivity index (χ2v) is 1.81. The van der Waals surface area contributed by atoms with Gasteiger partial charge in [0.1, 0.15) is 0 Å². The fourth-order valence-corrected chi connectivity index (χ4v) is 0.553. The summed E-state index contributed by atoms with van der Waals surface area (Å²) in [5, 5.41) is 10.7. The molecule has 0 aliphatic rings. The molecule has 0 fully saturated rings.